The van der Waals surface area contributed by atoms with E-state index in [1.54, 1.807) is 14.2 Å². The maximum Gasteiger partial charge on any atom is 0.0971 e. The van der Waals surface area contributed by atoms with Crippen molar-refractivity contribution in [1.82, 2.24) is 4.90 Å². The van der Waals surface area contributed by atoms with Crippen LogP contribution in [0, 0.1) is 0 Å². The van der Waals surface area contributed by atoms with Crippen LogP contribution < -0.4 is 5.73 Å². The third-order valence-electron chi connectivity index (χ3n) is 3.70. The zero-order valence-electron chi connectivity index (χ0n) is 10.1. The van der Waals surface area contributed by atoms with Gasteiger partial charge in [-0.05, 0) is 6.42 Å². The van der Waals surface area contributed by atoms with E-state index in [0.29, 0.717) is 6.04 Å². The van der Waals surface area contributed by atoms with Crippen molar-refractivity contribution >= 4 is 0 Å². The van der Waals surface area contributed by atoms with Crippen LogP contribution in [0.2, 0.25) is 0 Å². The molecule has 0 aromatic heterocycles. The first kappa shape index (κ1) is 12.3. The molecule has 5 heteroatoms. The second kappa shape index (κ2) is 5.42. The van der Waals surface area contributed by atoms with Gasteiger partial charge < -0.3 is 19.9 Å². The van der Waals surface area contributed by atoms with E-state index in [0.717, 1.165) is 32.7 Å². The molecule has 16 heavy (non-hydrogen) atoms. The number of ether oxygens (including phenoxy) is 3. The average Bonchev–Trinajstić information content (AvgIpc) is 2.72. The fourth-order valence-electron chi connectivity index (χ4n) is 2.61. The zero-order valence-corrected chi connectivity index (χ0v) is 10.1. The summed E-state index contributed by atoms with van der Waals surface area (Å²) in [6.45, 7) is 3.29. The minimum Gasteiger partial charge on any atom is -0.380 e. The van der Waals surface area contributed by atoms with Crippen LogP contribution in [0.3, 0.4) is 0 Å². The summed E-state index contributed by atoms with van der Waals surface area (Å²) in [5.74, 6) is 0. The van der Waals surface area contributed by atoms with Crippen molar-refractivity contribution in [1.29, 1.82) is 0 Å². The van der Waals surface area contributed by atoms with Crippen LogP contribution in [-0.2, 0) is 14.2 Å². The number of methoxy groups -OCH3 is 2. The molecule has 0 aromatic carbocycles. The molecule has 2 N–H and O–H groups in total. The summed E-state index contributed by atoms with van der Waals surface area (Å²) < 4.78 is 16.3. The molecule has 4 unspecified atom stereocenters. The van der Waals surface area contributed by atoms with Crippen molar-refractivity contribution < 1.29 is 14.2 Å². The molecule has 2 aliphatic rings. The molecule has 2 aliphatic heterocycles. The maximum atomic E-state index is 6.13. The Hall–Kier alpha value is -0.200. The molecular formula is C11H22N2O3. The van der Waals surface area contributed by atoms with Crippen LogP contribution in [0.1, 0.15) is 6.42 Å². The van der Waals surface area contributed by atoms with Crippen LogP contribution in [0.4, 0.5) is 0 Å². The van der Waals surface area contributed by atoms with Gasteiger partial charge in [-0.15, -0.1) is 0 Å². The highest BCUT2D eigenvalue weighted by atomic mass is 16.5. The van der Waals surface area contributed by atoms with Gasteiger partial charge in [0, 0.05) is 46.0 Å². The molecule has 4 atom stereocenters. The fraction of sp³-hybridized carbons (Fsp3) is 1.00. The minimum atomic E-state index is 0.152. The lowest BCUT2D eigenvalue weighted by Gasteiger charge is -2.35. The first-order valence-corrected chi connectivity index (χ1v) is 5.89. The average molecular weight is 230 g/mol. The largest absolute Gasteiger partial charge is 0.380 e. The molecule has 0 aromatic rings. The van der Waals surface area contributed by atoms with Crippen molar-refractivity contribution in [3.8, 4) is 0 Å². The molecular weight excluding hydrogens is 208 g/mol. The Labute approximate surface area is 96.8 Å². The lowest BCUT2D eigenvalue weighted by Crippen LogP contribution is -2.53. The molecule has 2 heterocycles. The van der Waals surface area contributed by atoms with Crippen LogP contribution in [0.5, 0.6) is 0 Å². The summed E-state index contributed by atoms with van der Waals surface area (Å²) in [5.41, 5.74) is 6.13. The van der Waals surface area contributed by atoms with Crippen LogP contribution in [-0.4, -0.2) is 69.7 Å². The van der Waals surface area contributed by atoms with Crippen LogP contribution in [0.15, 0.2) is 0 Å². The third-order valence-corrected chi connectivity index (χ3v) is 3.70. The molecule has 5 nitrogen and oxygen atoms in total. The minimum absolute atomic E-state index is 0.152. The van der Waals surface area contributed by atoms with Gasteiger partial charge >= 0.3 is 0 Å². The van der Waals surface area contributed by atoms with Gasteiger partial charge in [0.2, 0.25) is 0 Å². The first-order valence-electron chi connectivity index (χ1n) is 5.89. The Kier molecular flexibility index (Phi) is 4.16. The van der Waals surface area contributed by atoms with Gasteiger partial charge in [0.15, 0.2) is 0 Å². The summed E-state index contributed by atoms with van der Waals surface area (Å²) >= 11 is 0. The lowest BCUT2D eigenvalue weighted by molar-refractivity contribution is -0.00461. The number of nitrogens with zero attached hydrogens (tertiary/aromatic N) is 1. The number of nitrogens with two attached hydrogens (primary N) is 1. The quantitative estimate of drug-likeness (QED) is 0.705. The number of likely N-dealkylation sites (tertiary alicyclic amines) is 1. The van der Waals surface area contributed by atoms with Gasteiger partial charge in [-0.25, -0.2) is 0 Å². The molecule has 94 valence electrons. The number of hydrogen-bond acceptors (Lipinski definition) is 5. The zero-order chi connectivity index (χ0) is 11.5. The van der Waals surface area contributed by atoms with Crippen LogP contribution in [0.25, 0.3) is 0 Å². The Bertz CT molecular complexity index is 215. The molecule has 2 saturated heterocycles. The lowest BCUT2D eigenvalue weighted by atomic mass is 10.0. The second-order valence-electron chi connectivity index (χ2n) is 4.60. The predicted molar refractivity (Wildman–Crippen MR) is 60.4 cm³/mol. The molecule has 0 amide bonds. The summed E-state index contributed by atoms with van der Waals surface area (Å²) in [6.07, 6.45) is 1.24. The van der Waals surface area contributed by atoms with Crippen molar-refractivity contribution in [2.75, 3.05) is 40.5 Å². The normalized spacial score (nSPS) is 41.4. The van der Waals surface area contributed by atoms with Gasteiger partial charge in [-0.1, -0.05) is 0 Å². The molecule has 0 saturated carbocycles. The van der Waals surface area contributed by atoms with Crippen molar-refractivity contribution in [2.45, 2.75) is 30.7 Å². The highest BCUT2D eigenvalue weighted by Crippen LogP contribution is 2.22. The van der Waals surface area contributed by atoms with Crippen molar-refractivity contribution in [2.24, 2.45) is 5.73 Å². The van der Waals surface area contributed by atoms with E-state index in [1.807, 2.05) is 0 Å². The summed E-state index contributed by atoms with van der Waals surface area (Å²) in [5, 5.41) is 0. The van der Waals surface area contributed by atoms with E-state index in [4.69, 9.17) is 19.9 Å². The Morgan fingerprint density at radius 2 is 1.81 bits per heavy atom. The van der Waals surface area contributed by atoms with Crippen LogP contribution >= 0.6 is 0 Å². The SMILES string of the molecule is COC1CN(C2COCCC2N)CC1OC. The van der Waals surface area contributed by atoms with Crippen molar-refractivity contribution in [3.63, 3.8) is 0 Å². The summed E-state index contributed by atoms with van der Waals surface area (Å²) in [7, 11) is 3.47. The summed E-state index contributed by atoms with van der Waals surface area (Å²) in [4.78, 5) is 2.34. The van der Waals surface area contributed by atoms with E-state index in [-0.39, 0.29) is 18.2 Å². The topological polar surface area (TPSA) is 57.0 Å². The van der Waals surface area contributed by atoms with Gasteiger partial charge in [-0.2, -0.15) is 0 Å². The maximum absolute atomic E-state index is 6.13. The predicted octanol–water partition coefficient (Wildman–Crippen LogP) is -0.552. The van der Waals surface area contributed by atoms with E-state index in [1.165, 1.54) is 0 Å². The van der Waals surface area contributed by atoms with Gasteiger partial charge in [0.05, 0.1) is 18.8 Å². The van der Waals surface area contributed by atoms with E-state index in [2.05, 4.69) is 4.90 Å². The monoisotopic (exact) mass is 230 g/mol. The van der Waals surface area contributed by atoms with Gasteiger partial charge in [-0.3, -0.25) is 4.90 Å². The Morgan fingerprint density at radius 3 is 2.31 bits per heavy atom. The number of hydrogen-bond donors (Lipinski definition) is 1. The second-order valence-corrected chi connectivity index (χ2v) is 4.60. The third kappa shape index (κ3) is 2.38. The van der Waals surface area contributed by atoms with Crippen molar-refractivity contribution in [3.05, 3.63) is 0 Å². The van der Waals surface area contributed by atoms with E-state index in [9.17, 15) is 0 Å². The van der Waals surface area contributed by atoms with Gasteiger partial charge in [0.25, 0.3) is 0 Å². The molecule has 0 aliphatic carbocycles. The van der Waals surface area contributed by atoms with E-state index >= 15 is 0 Å². The van der Waals surface area contributed by atoms with Gasteiger partial charge in [0.1, 0.15) is 0 Å². The standard InChI is InChI=1S/C11H22N2O3/c1-14-10-5-13(6-11(10)15-2)9-7-16-4-3-8(9)12/h8-11H,3-7,12H2,1-2H3. The van der Waals surface area contributed by atoms with E-state index < -0.39 is 0 Å². The number of rotatable bonds is 3. The Balaban J connectivity index is 1.95. The molecule has 0 bridgehead atoms. The molecule has 2 fully saturated rings. The molecule has 2 rings (SSSR count). The smallest absolute Gasteiger partial charge is 0.0971 e. The Morgan fingerprint density at radius 1 is 1.19 bits per heavy atom. The fourth-order valence-corrected chi connectivity index (χ4v) is 2.61. The molecule has 0 spiro atoms. The highest BCUT2D eigenvalue weighted by Gasteiger charge is 2.39. The summed E-state index contributed by atoms with van der Waals surface area (Å²) in [6, 6.07) is 0.522. The first-order chi connectivity index (χ1) is 7.76. The molecule has 0 radical (unpaired) electrons. The highest BCUT2D eigenvalue weighted by molar-refractivity contribution is 4.94.